The highest BCUT2D eigenvalue weighted by Crippen LogP contribution is 2.29. The third-order valence-corrected chi connectivity index (χ3v) is 3.48. The molecule has 0 saturated heterocycles. The van der Waals surface area contributed by atoms with Gasteiger partial charge in [-0.3, -0.25) is 0 Å². The molecule has 0 aliphatic heterocycles. The second-order valence-corrected chi connectivity index (χ2v) is 5.02. The molecule has 0 fully saturated rings. The minimum atomic E-state index is 0.742. The zero-order chi connectivity index (χ0) is 10.6. The third-order valence-electron chi connectivity index (χ3n) is 1.98. The summed E-state index contributed by atoms with van der Waals surface area (Å²) in [6, 6.07) is 6.57. The molecular weight excluding hydrogens is 190 g/mol. The molecule has 0 aliphatic rings. The van der Waals surface area contributed by atoms with Gasteiger partial charge in [-0.25, -0.2) is 0 Å². The van der Waals surface area contributed by atoms with Crippen molar-refractivity contribution < 1.29 is 0 Å². The molecule has 0 radical (unpaired) electrons. The van der Waals surface area contributed by atoms with Gasteiger partial charge in [0.25, 0.3) is 0 Å². The summed E-state index contributed by atoms with van der Waals surface area (Å²) in [5.74, 6) is 1.92. The molecule has 1 N–H and O–H groups in total. The minimum absolute atomic E-state index is 0.742. The summed E-state index contributed by atoms with van der Waals surface area (Å²) in [6.07, 6.45) is 0. The van der Waals surface area contributed by atoms with Crippen molar-refractivity contribution >= 4 is 17.4 Å². The number of anilines is 1. The van der Waals surface area contributed by atoms with Gasteiger partial charge in [0, 0.05) is 23.4 Å². The van der Waals surface area contributed by atoms with Crippen molar-refractivity contribution in [2.75, 3.05) is 18.1 Å². The van der Waals surface area contributed by atoms with Gasteiger partial charge in [0.2, 0.25) is 0 Å². The Labute approximate surface area is 91.3 Å². The van der Waals surface area contributed by atoms with Gasteiger partial charge in [-0.15, -0.1) is 11.8 Å². The second kappa shape index (κ2) is 5.30. The lowest BCUT2D eigenvalue weighted by Gasteiger charge is -2.10. The molecule has 14 heavy (non-hydrogen) atoms. The molecule has 1 aromatic rings. The van der Waals surface area contributed by atoms with E-state index in [0.29, 0.717) is 0 Å². The Bertz CT molecular complexity index is 294. The second-order valence-electron chi connectivity index (χ2n) is 3.95. The molecule has 0 spiro atoms. The van der Waals surface area contributed by atoms with Gasteiger partial charge >= 0.3 is 0 Å². The van der Waals surface area contributed by atoms with Crippen molar-refractivity contribution in [3.8, 4) is 0 Å². The minimum Gasteiger partial charge on any atom is -0.387 e. The first-order valence-electron chi connectivity index (χ1n) is 5.04. The van der Waals surface area contributed by atoms with Gasteiger partial charge in [-0.2, -0.15) is 0 Å². The number of rotatable bonds is 4. The largest absolute Gasteiger partial charge is 0.387 e. The van der Waals surface area contributed by atoms with Crippen LogP contribution < -0.4 is 5.32 Å². The molecule has 0 saturated carbocycles. The molecule has 0 bridgehead atoms. The standard InChI is InChI=1S/C12H19NS/c1-9(2)8-14-12-6-5-10(3)7-11(12)13-4/h5-7,9,13H,8H2,1-4H3. The van der Waals surface area contributed by atoms with Gasteiger partial charge in [-0.1, -0.05) is 19.9 Å². The van der Waals surface area contributed by atoms with E-state index in [0.717, 1.165) is 5.92 Å². The van der Waals surface area contributed by atoms with Gasteiger partial charge in [0.15, 0.2) is 0 Å². The molecule has 0 aromatic heterocycles. The van der Waals surface area contributed by atoms with E-state index in [4.69, 9.17) is 0 Å². The summed E-state index contributed by atoms with van der Waals surface area (Å²) >= 11 is 1.93. The molecule has 0 atom stereocenters. The Morgan fingerprint density at radius 3 is 2.64 bits per heavy atom. The zero-order valence-electron chi connectivity index (χ0n) is 9.42. The van der Waals surface area contributed by atoms with Crippen molar-refractivity contribution in [1.82, 2.24) is 0 Å². The zero-order valence-corrected chi connectivity index (χ0v) is 10.2. The molecule has 0 amide bonds. The maximum atomic E-state index is 3.24. The lowest BCUT2D eigenvalue weighted by Crippen LogP contribution is -1.95. The van der Waals surface area contributed by atoms with Crippen LogP contribution in [0.1, 0.15) is 19.4 Å². The van der Waals surface area contributed by atoms with Crippen LogP contribution in [0.3, 0.4) is 0 Å². The number of nitrogens with one attached hydrogen (secondary N) is 1. The molecule has 78 valence electrons. The molecule has 0 unspecified atom stereocenters. The van der Waals surface area contributed by atoms with Crippen LogP contribution in [0.5, 0.6) is 0 Å². The van der Waals surface area contributed by atoms with Crippen LogP contribution in [-0.2, 0) is 0 Å². The molecular formula is C12H19NS. The number of aryl methyl sites for hydroxylation is 1. The monoisotopic (exact) mass is 209 g/mol. The summed E-state index contributed by atoms with van der Waals surface area (Å²) in [6.45, 7) is 6.62. The highest BCUT2D eigenvalue weighted by Gasteiger charge is 2.02. The van der Waals surface area contributed by atoms with Gasteiger partial charge < -0.3 is 5.32 Å². The van der Waals surface area contributed by atoms with E-state index < -0.39 is 0 Å². The fraction of sp³-hybridized carbons (Fsp3) is 0.500. The Hall–Kier alpha value is -0.630. The first-order chi connectivity index (χ1) is 6.63. The number of thioether (sulfide) groups is 1. The van der Waals surface area contributed by atoms with E-state index in [1.807, 2.05) is 18.8 Å². The smallest absolute Gasteiger partial charge is 0.0478 e. The maximum absolute atomic E-state index is 3.24. The van der Waals surface area contributed by atoms with Crippen LogP contribution >= 0.6 is 11.8 Å². The maximum Gasteiger partial charge on any atom is 0.0478 e. The normalized spacial score (nSPS) is 10.6. The van der Waals surface area contributed by atoms with E-state index in [1.54, 1.807) is 0 Å². The summed E-state index contributed by atoms with van der Waals surface area (Å²) in [5, 5.41) is 3.24. The van der Waals surface area contributed by atoms with Crippen LogP contribution in [0.15, 0.2) is 23.1 Å². The Balaban J connectivity index is 2.75. The molecule has 1 rings (SSSR count). The van der Waals surface area contributed by atoms with Crippen LogP contribution in [-0.4, -0.2) is 12.8 Å². The van der Waals surface area contributed by atoms with E-state index in [1.165, 1.54) is 21.9 Å². The van der Waals surface area contributed by atoms with E-state index in [-0.39, 0.29) is 0 Å². The van der Waals surface area contributed by atoms with E-state index >= 15 is 0 Å². The Morgan fingerprint density at radius 1 is 1.36 bits per heavy atom. The summed E-state index contributed by atoms with van der Waals surface area (Å²) in [5.41, 5.74) is 2.55. The molecule has 1 aromatic carbocycles. The van der Waals surface area contributed by atoms with Gasteiger partial charge in [-0.05, 0) is 30.5 Å². The number of hydrogen-bond acceptors (Lipinski definition) is 2. The lowest BCUT2D eigenvalue weighted by atomic mass is 10.2. The average Bonchev–Trinajstić information content (AvgIpc) is 2.15. The first kappa shape index (κ1) is 11.4. The quantitative estimate of drug-likeness (QED) is 0.757. The summed E-state index contributed by atoms with van der Waals surface area (Å²) < 4.78 is 0. The van der Waals surface area contributed by atoms with Crippen molar-refractivity contribution in [2.24, 2.45) is 5.92 Å². The molecule has 1 nitrogen and oxygen atoms in total. The lowest BCUT2D eigenvalue weighted by molar-refractivity contribution is 0.750. The SMILES string of the molecule is CNc1cc(C)ccc1SCC(C)C. The molecule has 0 heterocycles. The van der Waals surface area contributed by atoms with Crippen LogP contribution in [0, 0.1) is 12.8 Å². The van der Waals surface area contributed by atoms with Gasteiger partial charge in [0.1, 0.15) is 0 Å². The van der Waals surface area contributed by atoms with Gasteiger partial charge in [0.05, 0.1) is 0 Å². The van der Waals surface area contributed by atoms with Crippen molar-refractivity contribution in [2.45, 2.75) is 25.7 Å². The van der Waals surface area contributed by atoms with Crippen molar-refractivity contribution in [1.29, 1.82) is 0 Å². The van der Waals surface area contributed by atoms with Crippen molar-refractivity contribution in [3.63, 3.8) is 0 Å². The average molecular weight is 209 g/mol. The number of benzene rings is 1. The Morgan fingerprint density at radius 2 is 2.07 bits per heavy atom. The molecule has 2 heteroatoms. The first-order valence-corrected chi connectivity index (χ1v) is 6.03. The summed E-state index contributed by atoms with van der Waals surface area (Å²) in [7, 11) is 1.98. The van der Waals surface area contributed by atoms with Crippen LogP contribution in [0.2, 0.25) is 0 Å². The topological polar surface area (TPSA) is 12.0 Å². The third kappa shape index (κ3) is 3.26. The number of hydrogen-bond donors (Lipinski definition) is 1. The fourth-order valence-corrected chi connectivity index (χ4v) is 2.22. The predicted molar refractivity (Wildman–Crippen MR) is 66.3 cm³/mol. The van der Waals surface area contributed by atoms with E-state index in [2.05, 4.69) is 44.3 Å². The molecule has 0 aliphatic carbocycles. The summed E-state index contributed by atoms with van der Waals surface area (Å²) in [4.78, 5) is 1.35. The highest BCUT2D eigenvalue weighted by molar-refractivity contribution is 7.99. The predicted octanol–water partition coefficient (Wildman–Crippen LogP) is 3.78. The van der Waals surface area contributed by atoms with Crippen molar-refractivity contribution in [3.05, 3.63) is 23.8 Å². The fourth-order valence-electron chi connectivity index (χ4n) is 1.22. The highest BCUT2D eigenvalue weighted by atomic mass is 32.2. The van der Waals surface area contributed by atoms with Crippen LogP contribution in [0.4, 0.5) is 5.69 Å². The van der Waals surface area contributed by atoms with E-state index in [9.17, 15) is 0 Å². The Kier molecular flexibility index (Phi) is 4.33. The van der Waals surface area contributed by atoms with Crippen LogP contribution in [0.25, 0.3) is 0 Å².